The van der Waals surface area contributed by atoms with Gasteiger partial charge < -0.3 is 10.6 Å². The normalized spacial score (nSPS) is 12.2. The minimum atomic E-state index is -0.0677. The van der Waals surface area contributed by atoms with Gasteiger partial charge in [-0.15, -0.1) is 0 Å². The van der Waals surface area contributed by atoms with E-state index in [1.807, 2.05) is 31.3 Å². The monoisotopic (exact) mass is 273 g/mol. The zero-order valence-corrected chi connectivity index (χ0v) is 11.9. The highest BCUT2D eigenvalue weighted by molar-refractivity contribution is 5.88. The Hall–Kier alpha value is -2.21. The summed E-state index contributed by atoms with van der Waals surface area (Å²) in [6, 6.07) is 7.96. The van der Waals surface area contributed by atoms with Crippen LogP contribution < -0.4 is 10.6 Å². The molecule has 1 heterocycles. The van der Waals surface area contributed by atoms with Gasteiger partial charge in [0, 0.05) is 25.7 Å². The van der Waals surface area contributed by atoms with Gasteiger partial charge in [-0.25, -0.2) is 4.98 Å². The number of aromatic nitrogens is 3. The van der Waals surface area contributed by atoms with E-state index >= 15 is 0 Å². The van der Waals surface area contributed by atoms with Gasteiger partial charge in [0.1, 0.15) is 12.2 Å². The second kappa shape index (κ2) is 6.29. The number of carbonyl (C=O) groups is 1. The maximum atomic E-state index is 11.1. The maximum Gasteiger partial charge on any atom is 0.221 e. The van der Waals surface area contributed by atoms with Crippen molar-refractivity contribution < 1.29 is 4.79 Å². The van der Waals surface area contributed by atoms with E-state index in [2.05, 4.69) is 27.6 Å². The number of carbonyl (C=O) groups excluding carboxylic acids is 1. The molecule has 1 aromatic heterocycles. The summed E-state index contributed by atoms with van der Waals surface area (Å²) in [5, 5.41) is 10.2. The highest BCUT2D eigenvalue weighted by Gasteiger charge is 2.08. The van der Waals surface area contributed by atoms with Crippen molar-refractivity contribution in [1.29, 1.82) is 0 Å². The van der Waals surface area contributed by atoms with E-state index < -0.39 is 0 Å². The third kappa shape index (κ3) is 3.64. The molecule has 0 aliphatic carbocycles. The lowest BCUT2D eigenvalue weighted by Crippen LogP contribution is -2.20. The van der Waals surface area contributed by atoms with Gasteiger partial charge in [-0.2, -0.15) is 5.10 Å². The van der Waals surface area contributed by atoms with Gasteiger partial charge >= 0.3 is 0 Å². The minimum absolute atomic E-state index is 0.0677. The molecule has 2 N–H and O–H groups in total. The lowest BCUT2D eigenvalue weighted by molar-refractivity contribution is -0.114. The lowest BCUT2D eigenvalue weighted by Gasteiger charge is -2.15. The summed E-state index contributed by atoms with van der Waals surface area (Å²) in [6.07, 6.45) is 1.54. The predicted molar refractivity (Wildman–Crippen MR) is 77.0 cm³/mol. The van der Waals surface area contributed by atoms with Crippen LogP contribution in [0.1, 0.15) is 31.3 Å². The summed E-state index contributed by atoms with van der Waals surface area (Å²) in [5.74, 6) is 0.816. The summed E-state index contributed by atoms with van der Waals surface area (Å²) in [7, 11) is 1.87. The van der Waals surface area contributed by atoms with E-state index in [4.69, 9.17) is 0 Å². The smallest absolute Gasteiger partial charge is 0.221 e. The number of benzene rings is 1. The Kier molecular flexibility index (Phi) is 4.47. The Morgan fingerprint density at radius 3 is 2.90 bits per heavy atom. The van der Waals surface area contributed by atoms with Crippen LogP contribution in [0.15, 0.2) is 30.6 Å². The number of anilines is 1. The van der Waals surface area contributed by atoms with Crippen LogP contribution in [-0.2, 0) is 18.4 Å². The maximum absolute atomic E-state index is 11.1. The Labute approximate surface area is 118 Å². The van der Waals surface area contributed by atoms with Crippen LogP contribution in [-0.4, -0.2) is 20.7 Å². The number of nitrogens with zero attached hydrogens (tertiary/aromatic N) is 3. The van der Waals surface area contributed by atoms with Crippen molar-refractivity contribution in [2.45, 2.75) is 26.4 Å². The Morgan fingerprint density at radius 2 is 2.25 bits per heavy atom. The van der Waals surface area contributed by atoms with E-state index in [-0.39, 0.29) is 11.9 Å². The van der Waals surface area contributed by atoms with Gasteiger partial charge in [0.25, 0.3) is 0 Å². The predicted octanol–water partition coefficient (Wildman–Crippen LogP) is 1.62. The molecule has 6 nitrogen and oxygen atoms in total. The van der Waals surface area contributed by atoms with Crippen LogP contribution in [0, 0.1) is 0 Å². The van der Waals surface area contributed by atoms with Gasteiger partial charge in [0.15, 0.2) is 0 Å². The molecule has 0 aliphatic rings. The van der Waals surface area contributed by atoms with Gasteiger partial charge in [0.2, 0.25) is 5.91 Å². The largest absolute Gasteiger partial charge is 0.326 e. The highest BCUT2D eigenvalue weighted by Crippen LogP contribution is 2.17. The van der Waals surface area contributed by atoms with Crippen LogP contribution in [0.5, 0.6) is 0 Å². The summed E-state index contributed by atoms with van der Waals surface area (Å²) in [4.78, 5) is 15.2. The number of hydrogen-bond acceptors (Lipinski definition) is 4. The average molecular weight is 273 g/mol. The molecule has 0 radical (unpaired) electrons. The molecule has 2 rings (SSSR count). The number of rotatable bonds is 5. The summed E-state index contributed by atoms with van der Waals surface area (Å²) >= 11 is 0. The fraction of sp³-hybridized carbons (Fsp3) is 0.357. The molecule has 106 valence electrons. The second-order valence-electron chi connectivity index (χ2n) is 4.71. The molecular weight excluding hydrogens is 254 g/mol. The molecular formula is C14H19N5O. The first kappa shape index (κ1) is 14.2. The van der Waals surface area contributed by atoms with Crippen molar-refractivity contribution in [3.63, 3.8) is 0 Å². The van der Waals surface area contributed by atoms with Crippen molar-refractivity contribution >= 4 is 11.6 Å². The molecule has 20 heavy (non-hydrogen) atoms. The Bertz CT molecular complexity index is 593. The number of nitrogens with one attached hydrogen (secondary N) is 2. The van der Waals surface area contributed by atoms with Crippen LogP contribution >= 0.6 is 0 Å². The van der Waals surface area contributed by atoms with Gasteiger partial charge in [-0.05, 0) is 24.6 Å². The van der Waals surface area contributed by atoms with Crippen molar-refractivity contribution in [3.05, 3.63) is 42.0 Å². The Morgan fingerprint density at radius 1 is 1.45 bits per heavy atom. The molecule has 2 aromatic rings. The summed E-state index contributed by atoms with van der Waals surface area (Å²) < 4.78 is 1.74. The quantitative estimate of drug-likeness (QED) is 0.868. The highest BCUT2D eigenvalue weighted by atomic mass is 16.1. The van der Waals surface area contributed by atoms with Crippen molar-refractivity contribution in [2.75, 3.05) is 5.32 Å². The van der Waals surface area contributed by atoms with Crippen LogP contribution in [0.25, 0.3) is 0 Å². The van der Waals surface area contributed by atoms with Crippen molar-refractivity contribution in [3.8, 4) is 0 Å². The molecule has 1 atom stereocenters. The number of aryl methyl sites for hydroxylation is 1. The fourth-order valence-corrected chi connectivity index (χ4v) is 1.93. The second-order valence-corrected chi connectivity index (χ2v) is 4.71. The average Bonchev–Trinajstić information content (AvgIpc) is 2.81. The van der Waals surface area contributed by atoms with E-state index in [0.717, 1.165) is 17.1 Å². The van der Waals surface area contributed by atoms with Crippen LogP contribution in [0.3, 0.4) is 0 Å². The minimum Gasteiger partial charge on any atom is -0.326 e. The zero-order chi connectivity index (χ0) is 14.5. The standard InChI is InChI=1S/C14H19N5O/c1-10(15-8-14-16-9-17-19(14)3)12-5-4-6-13(7-12)18-11(2)20/h4-7,9-10,15H,8H2,1-3H3,(H,18,20). The third-order valence-corrected chi connectivity index (χ3v) is 3.08. The molecule has 1 amide bonds. The lowest BCUT2D eigenvalue weighted by atomic mass is 10.1. The summed E-state index contributed by atoms with van der Waals surface area (Å²) in [5.41, 5.74) is 1.92. The SMILES string of the molecule is CC(=O)Nc1cccc(C(C)NCc2ncnn2C)c1. The number of amides is 1. The topological polar surface area (TPSA) is 71.8 Å². The number of hydrogen-bond donors (Lipinski definition) is 2. The van der Waals surface area contributed by atoms with Crippen molar-refractivity contribution in [1.82, 2.24) is 20.1 Å². The van der Waals surface area contributed by atoms with E-state index in [0.29, 0.717) is 6.54 Å². The molecule has 1 aromatic carbocycles. The zero-order valence-electron chi connectivity index (χ0n) is 11.9. The van der Waals surface area contributed by atoms with Crippen LogP contribution in [0.4, 0.5) is 5.69 Å². The third-order valence-electron chi connectivity index (χ3n) is 3.08. The van der Waals surface area contributed by atoms with Gasteiger partial charge in [-0.3, -0.25) is 9.48 Å². The molecule has 6 heteroatoms. The molecule has 1 unspecified atom stereocenters. The van der Waals surface area contributed by atoms with Crippen molar-refractivity contribution in [2.24, 2.45) is 7.05 Å². The van der Waals surface area contributed by atoms with Crippen LogP contribution in [0.2, 0.25) is 0 Å². The molecule has 0 spiro atoms. The molecule has 0 aliphatic heterocycles. The fourth-order valence-electron chi connectivity index (χ4n) is 1.93. The van der Waals surface area contributed by atoms with E-state index in [1.165, 1.54) is 6.92 Å². The first-order chi connectivity index (χ1) is 9.56. The first-order valence-corrected chi connectivity index (χ1v) is 6.50. The molecule has 0 saturated carbocycles. The van der Waals surface area contributed by atoms with E-state index in [9.17, 15) is 4.79 Å². The Balaban J connectivity index is 2.00. The molecule has 0 saturated heterocycles. The summed E-state index contributed by atoms with van der Waals surface area (Å²) in [6.45, 7) is 4.22. The molecule has 0 fully saturated rings. The molecule has 0 bridgehead atoms. The first-order valence-electron chi connectivity index (χ1n) is 6.50. The van der Waals surface area contributed by atoms with Gasteiger partial charge in [0.05, 0.1) is 6.54 Å². The van der Waals surface area contributed by atoms with Gasteiger partial charge in [-0.1, -0.05) is 12.1 Å². The van der Waals surface area contributed by atoms with E-state index in [1.54, 1.807) is 11.0 Å².